The van der Waals surface area contributed by atoms with Crippen molar-refractivity contribution >= 4 is 0 Å². The third-order valence-corrected chi connectivity index (χ3v) is 3.97. The standard InChI is InChI=1S/C14H19FN6/c1-10(14(16)12-3-2-11(15)6-17-12)7-20-4-5-21-9-18-19-13(21)8-20/h2-3,6,9-10,14H,4-5,7-8,16H2,1H3. The summed E-state index contributed by atoms with van der Waals surface area (Å²) >= 11 is 0. The lowest BCUT2D eigenvalue weighted by Crippen LogP contribution is -2.39. The molecule has 112 valence electrons. The third kappa shape index (κ3) is 3.08. The van der Waals surface area contributed by atoms with Gasteiger partial charge in [-0.2, -0.15) is 0 Å². The lowest BCUT2D eigenvalue weighted by atomic mass is 9.98. The zero-order valence-electron chi connectivity index (χ0n) is 12.0. The van der Waals surface area contributed by atoms with Crippen LogP contribution in [0.4, 0.5) is 4.39 Å². The molecule has 1 aliphatic rings. The fourth-order valence-corrected chi connectivity index (χ4v) is 2.67. The first kappa shape index (κ1) is 14.1. The fourth-order valence-electron chi connectivity index (χ4n) is 2.67. The topological polar surface area (TPSA) is 72.9 Å². The predicted octanol–water partition coefficient (Wildman–Crippen LogP) is 0.964. The highest BCUT2D eigenvalue weighted by molar-refractivity contribution is 5.10. The molecule has 2 unspecified atom stereocenters. The number of aromatic nitrogens is 4. The summed E-state index contributed by atoms with van der Waals surface area (Å²) in [4.78, 5) is 6.39. The Morgan fingerprint density at radius 2 is 2.24 bits per heavy atom. The van der Waals surface area contributed by atoms with E-state index in [-0.39, 0.29) is 17.8 Å². The number of rotatable bonds is 4. The van der Waals surface area contributed by atoms with Crippen molar-refractivity contribution in [3.05, 3.63) is 42.0 Å². The van der Waals surface area contributed by atoms with E-state index in [4.69, 9.17) is 5.73 Å². The van der Waals surface area contributed by atoms with Gasteiger partial charge in [0.2, 0.25) is 0 Å². The lowest BCUT2D eigenvalue weighted by Gasteiger charge is -2.31. The van der Waals surface area contributed by atoms with E-state index in [1.165, 1.54) is 12.3 Å². The van der Waals surface area contributed by atoms with E-state index in [1.807, 2.05) is 0 Å². The number of halogens is 1. The van der Waals surface area contributed by atoms with E-state index < -0.39 is 0 Å². The zero-order valence-corrected chi connectivity index (χ0v) is 12.0. The second-order valence-corrected chi connectivity index (χ2v) is 5.58. The van der Waals surface area contributed by atoms with Gasteiger partial charge in [-0.25, -0.2) is 4.39 Å². The van der Waals surface area contributed by atoms with Gasteiger partial charge in [-0.1, -0.05) is 6.92 Å². The maximum atomic E-state index is 12.9. The van der Waals surface area contributed by atoms with Crippen molar-refractivity contribution < 1.29 is 4.39 Å². The van der Waals surface area contributed by atoms with Crippen molar-refractivity contribution in [1.82, 2.24) is 24.6 Å². The van der Waals surface area contributed by atoms with Gasteiger partial charge >= 0.3 is 0 Å². The van der Waals surface area contributed by atoms with E-state index >= 15 is 0 Å². The maximum absolute atomic E-state index is 12.9. The number of hydrogen-bond donors (Lipinski definition) is 1. The average Bonchev–Trinajstić information content (AvgIpc) is 2.95. The molecule has 0 bridgehead atoms. The van der Waals surface area contributed by atoms with E-state index in [2.05, 4.69) is 31.6 Å². The van der Waals surface area contributed by atoms with Crippen LogP contribution in [0, 0.1) is 11.7 Å². The van der Waals surface area contributed by atoms with Crippen LogP contribution < -0.4 is 5.73 Å². The molecule has 2 N–H and O–H groups in total. The van der Waals surface area contributed by atoms with Crippen molar-refractivity contribution in [2.24, 2.45) is 11.7 Å². The number of nitrogens with zero attached hydrogens (tertiary/aromatic N) is 5. The Bertz CT molecular complexity index is 596. The molecular weight excluding hydrogens is 271 g/mol. The molecular formula is C14H19FN6. The van der Waals surface area contributed by atoms with E-state index in [9.17, 15) is 4.39 Å². The first-order chi connectivity index (χ1) is 10.1. The van der Waals surface area contributed by atoms with Crippen LogP contribution in [-0.4, -0.2) is 37.7 Å². The number of pyridine rings is 1. The van der Waals surface area contributed by atoms with Crippen LogP contribution in [0.5, 0.6) is 0 Å². The largest absolute Gasteiger partial charge is 0.322 e. The molecule has 6 nitrogen and oxygen atoms in total. The molecule has 0 aromatic carbocycles. The minimum atomic E-state index is -0.339. The molecule has 7 heteroatoms. The molecule has 2 atom stereocenters. The quantitative estimate of drug-likeness (QED) is 0.908. The highest BCUT2D eigenvalue weighted by Crippen LogP contribution is 2.20. The summed E-state index contributed by atoms with van der Waals surface area (Å²) in [5.74, 6) is 0.869. The van der Waals surface area contributed by atoms with E-state index in [0.717, 1.165) is 37.7 Å². The minimum Gasteiger partial charge on any atom is -0.322 e. The van der Waals surface area contributed by atoms with Gasteiger partial charge in [0.05, 0.1) is 24.5 Å². The van der Waals surface area contributed by atoms with Crippen molar-refractivity contribution in [3.8, 4) is 0 Å². The van der Waals surface area contributed by atoms with Gasteiger partial charge in [-0.3, -0.25) is 9.88 Å². The first-order valence-corrected chi connectivity index (χ1v) is 7.09. The van der Waals surface area contributed by atoms with Crippen LogP contribution in [0.2, 0.25) is 0 Å². The lowest BCUT2D eigenvalue weighted by molar-refractivity contribution is 0.179. The summed E-state index contributed by atoms with van der Waals surface area (Å²) in [6.45, 7) is 5.59. The average molecular weight is 290 g/mol. The van der Waals surface area contributed by atoms with Crippen molar-refractivity contribution in [2.75, 3.05) is 13.1 Å². The summed E-state index contributed by atoms with van der Waals surface area (Å²) in [5, 5.41) is 8.04. The Morgan fingerprint density at radius 1 is 1.38 bits per heavy atom. The summed E-state index contributed by atoms with van der Waals surface area (Å²) < 4.78 is 15.0. The first-order valence-electron chi connectivity index (χ1n) is 7.09. The highest BCUT2D eigenvalue weighted by Gasteiger charge is 2.23. The van der Waals surface area contributed by atoms with Crippen LogP contribution in [0.15, 0.2) is 24.7 Å². The van der Waals surface area contributed by atoms with Gasteiger partial charge in [0.25, 0.3) is 0 Å². The Morgan fingerprint density at radius 3 is 3.00 bits per heavy atom. The molecule has 21 heavy (non-hydrogen) atoms. The molecule has 0 saturated heterocycles. The Labute approximate surface area is 122 Å². The van der Waals surface area contributed by atoms with E-state index in [1.54, 1.807) is 12.4 Å². The van der Waals surface area contributed by atoms with Crippen LogP contribution in [0.3, 0.4) is 0 Å². The van der Waals surface area contributed by atoms with Crippen LogP contribution in [-0.2, 0) is 13.1 Å². The molecule has 3 rings (SSSR count). The minimum absolute atomic E-state index is 0.203. The van der Waals surface area contributed by atoms with Gasteiger partial charge < -0.3 is 10.3 Å². The molecule has 0 radical (unpaired) electrons. The predicted molar refractivity (Wildman–Crippen MR) is 75.6 cm³/mol. The van der Waals surface area contributed by atoms with E-state index in [0.29, 0.717) is 0 Å². The van der Waals surface area contributed by atoms with Crippen LogP contribution >= 0.6 is 0 Å². The molecule has 0 fully saturated rings. The maximum Gasteiger partial charge on any atom is 0.147 e. The summed E-state index contributed by atoms with van der Waals surface area (Å²) in [7, 11) is 0. The smallest absolute Gasteiger partial charge is 0.147 e. The number of nitrogens with two attached hydrogens (primary N) is 1. The van der Waals surface area contributed by atoms with Gasteiger partial charge in [-0.05, 0) is 18.1 Å². The summed E-state index contributed by atoms with van der Waals surface area (Å²) in [6, 6.07) is 2.85. The van der Waals surface area contributed by atoms with Crippen molar-refractivity contribution in [2.45, 2.75) is 26.1 Å². The fraction of sp³-hybridized carbons (Fsp3) is 0.500. The summed E-state index contributed by atoms with van der Waals surface area (Å²) in [6.07, 6.45) is 2.98. The third-order valence-electron chi connectivity index (χ3n) is 3.97. The zero-order chi connectivity index (χ0) is 14.8. The molecule has 0 amide bonds. The molecule has 0 spiro atoms. The molecule has 0 saturated carbocycles. The van der Waals surface area contributed by atoms with Crippen LogP contribution in [0.1, 0.15) is 24.5 Å². The normalized spacial score (nSPS) is 18.2. The Hall–Kier alpha value is -1.86. The molecule has 3 heterocycles. The second kappa shape index (κ2) is 5.87. The van der Waals surface area contributed by atoms with Gasteiger partial charge in [0, 0.05) is 19.6 Å². The SMILES string of the molecule is CC(CN1CCn2cnnc2C1)C(N)c1ccc(F)cn1. The van der Waals surface area contributed by atoms with Gasteiger partial charge in [-0.15, -0.1) is 10.2 Å². The monoisotopic (exact) mass is 290 g/mol. The van der Waals surface area contributed by atoms with Crippen LogP contribution in [0.25, 0.3) is 0 Å². The van der Waals surface area contributed by atoms with Gasteiger partial charge in [0.15, 0.2) is 0 Å². The summed E-state index contributed by atoms with van der Waals surface area (Å²) in [5.41, 5.74) is 6.96. The number of hydrogen-bond acceptors (Lipinski definition) is 5. The highest BCUT2D eigenvalue weighted by atomic mass is 19.1. The van der Waals surface area contributed by atoms with Gasteiger partial charge in [0.1, 0.15) is 18.0 Å². The molecule has 2 aromatic rings. The molecule has 1 aliphatic heterocycles. The molecule has 2 aromatic heterocycles. The van der Waals surface area contributed by atoms with Crippen molar-refractivity contribution in [1.29, 1.82) is 0 Å². The molecule has 0 aliphatic carbocycles. The van der Waals surface area contributed by atoms with Crippen molar-refractivity contribution in [3.63, 3.8) is 0 Å². The Kier molecular flexibility index (Phi) is 3.94. The number of fused-ring (bicyclic) bond motifs is 1. The second-order valence-electron chi connectivity index (χ2n) is 5.58. The Balaban J connectivity index is 1.61.